The first-order valence-corrected chi connectivity index (χ1v) is 6.11. The molecular weight excluding hydrogens is 230 g/mol. The van der Waals surface area contributed by atoms with Gasteiger partial charge >= 0.3 is 5.69 Å². The van der Waals surface area contributed by atoms with Gasteiger partial charge < -0.3 is 0 Å². The maximum Gasteiger partial charge on any atom is 0.331 e. The molecule has 1 aliphatic rings. The van der Waals surface area contributed by atoms with Gasteiger partial charge in [0.15, 0.2) is 0 Å². The lowest BCUT2D eigenvalue weighted by Gasteiger charge is -2.19. The molecule has 0 unspecified atom stereocenters. The predicted octanol–water partition coefficient (Wildman–Crippen LogP) is 1.18. The van der Waals surface area contributed by atoms with Crippen molar-refractivity contribution in [2.24, 2.45) is 0 Å². The Kier molecular flexibility index (Phi) is 3.47. The van der Waals surface area contributed by atoms with Crippen LogP contribution in [0.4, 0.5) is 0 Å². The minimum absolute atomic E-state index is 0.0235. The van der Waals surface area contributed by atoms with Crippen LogP contribution < -0.4 is 11.2 Å². The smallest absolute Gasteiger partial charge is 0.299 e. The van der Waals surface area contributed by atoms with Gasteiger partial charge in [0.05, 0.1) is 6.04 Å². The molecule has 5 nitrogen and oxygen atoms in total. The van der Waals surface area contributed by atoms with Crippen LogP contribution in [-0.4, -0.2) is 9.13 Å². The van der Waals surface area contributed by atoms with E-state index in [0.29, 0.717) is 6.54 Å². The van der Waals surface area contributed by atoms with Crippen LogP contribution in [-0.2, 0) is 6.54 Å². The Morgan fingerprint density at radius 1 is 1.50 bits per heavy atom. The van der Waals surface area contributed by atoms with E-state index in [1.54, 1.807) is 0 Å². The van der Waals surface area contributed by atoms with Crippen LogP contribution >= 0.6 is 0 Å². The summed E-state index contributed by atoms with van der Waals surface area (Å²) >= 11 is 0. The van der Waals surface area contributed by atoms with E-state index in [0.717, 1.165) is 19.3 Å². The normalized spacial score (nSPS) is 18.6. The molecule has 5 heteroatoms. The summed E-state index contributed by atoms with van der Waals surface area (Å²) in [6, 6.07) is 1.64. The lowest BCUT2D eigenvalue weighted by atomic mass is 10.0. The third-order valence-electron chi connectivity index (χ3n) is 3.21. The number of aryl methyl sites for hydroxylation is 1. The minimum atomic E-state index is -0.483. The second-order valence-electron chi connectivity index (χ2n) is 4.32. The molecule has 0 saturated heterocycles. The summed E-state index contributed by atoms with van der Waals surface area (Å²) in [5, 5.41) is 8.96. The van der Waals surface area contributed by atoms with E-state index < -0.39 is 5.56 Å². The summed E-state index contributed by atoms with van der Waals surface area (Å²) in [7, 11) is 0. The summed E-state index contributed by atoms with van der Waals surface area (Å²) in [4.78, 5) is 24.3. The fourth-order valence-corrected chi connectivity index (χ4v) is 2.23. The summed E-state index contributed by atoms with van der Waals surface area (Å²) < 4.78 is 2.61. The molecule has 0 aromatic carbocycles. The molecule has 2 rings (SSSR count). The van der Waals surface area contributed by atoms with Crippen molar-refractivity contribution < 1.29 is 0 Å². The average Bonchev–Trinajstić information content (AvgIpc) is 2.40. The third kappa shape index (κ3) is 2.02. The van der Waals surface area contributed by atoms with Crippen molar-refractivity contribution in [3.63, 3.8) is 0 Å². The Morgan fingerprint density at radius 3 is 2.83 bits per heavy atom. The van der Waals surface area contributed by atoms with Crippen LogP contribution in [0, 0.1) is 11.3 Å². The maximum absolute atomic E-state index is 12.2. The van der Waals surface area contributed by atoms with Crippen LogP contribution in [0.15, 0.2) is 27.9 Å². The molecule has 0 saturated carbocycles. The van der Waals surface area contributed by atoms with E-state index in [1.807, 2.05) is 25.1 Å². The van der Waals surface area contributed by atoms with Crippen molar-refractivity contribution in [1.82, 2.24) is 9.13 Å². The molecule has 1 aromatic rings. The van der Waals surface area contributed by atoms with Gasteiger partial charge in [-0.05, 0) is 26.2 Å². The predicted molar refractivity (Wildman–Crippen MR) is 67.4 cm³/mol. The topological polar surface area (TPSA) is 67.8 Å². The summed E-state index contributed by atoms with van der Waals surface area (Å²) in [6.45, 7) is 2.26. The number of allylic oxidation sites excluding steroid dienone is 2. The second-order valence-corrected chi connectivity index (χ2v) is 4.32. The Balaban J connectivity index is 2.69. The Morgan fingerprint density at radius 2 is 2.28 bits per heavy atom. The van der Waals surface area contributed by atoms with Crippen LogP contribution in [0.1, 0.15) is 37.8 Å². The zero-order valence-electron chi connectivity index (χ0n) is 10.3. The molecule has 1 heterocycles. The van der Waals surface area contributed by atoms with Gasteiger partial charge in [-0.1, -0.05) is 12.2 Å². The SMILES string of the molecule is CCn1cc(C#N)c(=O)n([C@H]2C=CCCC2)c1=O. The Bertz CT molecular complexity index is 631. The van der Waals surface area contributed by atoms with E-state index >= 15 is 0 Å². The molecule has 94 valence electrons. The zero-order chi connectivity index (χ0) is 13.1. The lowest BCUT2D eigenvalue weighted by molar-refractivity contribution is 0.462. The standard InChI is InChI=1S/C13H15N3O2/c1-2-15-9-10(8-14)12(17)16(13(15)18)11-6-4-3-5-7-11/h4,6,9,11H,2-3,5,7H2,1H3/t11-/m0/s1. The van der Waals surface area contributed by atoms with E-state index in [1.165, 1.54) is 15.3 Å². The van der Waals surface area contributed by atoms with E-state index in [2.05, 4.69) is 0 Å². The highest BCUT2D eigenvalue weighted by molar-refractivity contribution is 5.23. The zero-order valence-corrected chi connectivity index (χ0v) is 10.3. The molecular formula is C13H15N3O2. The first-order chi connectivity index (χ1) is 8.69. The second kappa shape index (κ2) is 5.05. The molecule has 18 heavy (non-hydrogen) atoms. The van der Waals surface area contributed by atoms with Gasteiger partial charge in [-0.25, -0.2) is 4.79 Å². The van der Waals surface area contributed by atoms with Crippen LogP contribution in [0.3, 0.4) is 0 Å². The van der Waals surface area contributed by atoms with Gasteiger partial charge in [0, 0.05) is 12.7 Å². The van der Waals surface area contributed by atoms with Gasteiger partial charge in [-0.2, -0.15) is 5.26 Å². The largest absolute Gasteiger partial charge is 0.331 e. The highest BCUT2D eigenvalue weighted by Crippen LogP contribution is 2.19. The van der Waals surface area contributed by atoms with Gasteiger partial charge in [-0.15, -0.1) is 0 Å². The monoisotopic (exact) mass is 245 g/mol. The number of rotatable bonds is 2. The number of hydrogen-bond acceptors (Lipinski definition) is 3. The number of aromatic nitrogens is 2. The molecule has 0 radical (unpaired) electrons. The van der Waals surface area contributed by atoms with Crippen molar-refractivity contribution in [2.75, 3.05) is 0 Å². The van der Waals surface area contributed by atoms with Crippen molar-refractivity contribution in [2.45, 2.75) is 38.8 Å². The molecule has 0 aliphatic heterocycles. The quantitative estimate of drug-likeness (QED) is 0.735. The molecule has 1 aromatic heterocycles. The van der Waals surface area contributed by atoms with Crippen molar-refractivity contribution in [1.29, 1.82) is 5.26 Å². The maximum atomic E-state index is 12.2. The van der Waals surface area contributed by atoms with E-state index in [9.17, 15) is 9.59 Å². The number of nitrogens with zero attached hydrogens (tertiary/aromatic N) is 3. The number of hydrogen-bond donors (Lipinski definition) is 0. The Labute approximate surface area is 105 Å². The third-order valence-corrected chi connectivity index (χ3v) is 3.21. The number of nitriles is 1. The van der Waals surface area contributed by atoms with Crippen LogP contribution in [0.5, 0.6) is 0 Å². The van der Waals surface area contributed by atoms with Crippen LogP contribution in [0.2, 0.25) is 0 Å². The molecule has 0 fully saturated rings. The van der Waals surface area contributed by atoms with E-state index in [4.69, 9.17) is 5.26 Å². The fourth-order valence-electron chi connectivity index (χ4n) is 2.23. The van der Waals surface area contributed by atoms with Gasteiger partial charge in [-0.3, -0.25) is 13.9 Å². The highest BCUT2D eigenvalue weighted by atomic mass is 16.2. The molecule has 0 bridgehead atoms. The first-order valence-electron chi connectivity index (χ1n) is 6.11. The lowest BCUT2D eigenvalue weighted by Crippen LogP contribution is -2.42. The van der Waals surface area contributed by atoms with Gasteiger partial charge in [0.1, 0.15) is 11.6 Å². The molecule has 0 N–H and O–H groups in total. The minimum Gasteiger partial charge on any atom is -0.299 e. The van der Waals surface area contributed by atoms with Crippen LogP contribution in [0.25, 0.3) is 0 Å². The van der Waals surface area contributed by atoms with Gasteiger partial charge in [0.25, 0.3) is 5.56 Å². The average molecular weight is 245 g/mol. The van der Waals surface area contributed by atoms with Gasteiger partial charge in [0.2, 0.25) is 0 Å². The molecule has 1 aliphatic carbocycles. The highest BCUT2D eigenvalue weighted by Gasteiger charge is 2.18. The molecule has 0 spiro atoms. The summed E-state index contributed by atoms with van der Waals surface area (Å²) in [5.74, 6) is 0. The summed E-state index contributed by atoms with van der Waals surface area (Å²) in [6.07, 6.45) is 7.90. The van der Waals surface area contributed by atoms with Crippen molar-refractivity contribution in [3.8, 4) is 6.07 Å². The summed E-state index contributed by atoms with van der Waals surface area (Å²) in [5.41, 5.74) is -0.794. The Hall–Kier alpha value is -2.09. The van der Waals surface area contributed by atoms with E-state index in [-0.39, 0.29) is 17.3 Å². The van der Waals surface area contributed by atoms with Crippen molar-refractivity contribution >= 4 is 0 Å². The van der Waals surface area contributed by atoms with Crippen molar-refractivity contribution in [3.05, 3.63) is 44.8 Å². The molecule has 0 amide bonds. The first kappa shape index (κ1) is 12.4. The molecule has 1 atom stereocenters. The fraction of sp³-hybridized carbons (Fsp3) is 0.462.